The van der Waals surface area contributed by atoms with Crippen LogP contribution in [0, 0.1) is 0 Å². The standard InChI is InChI=1S/C30H32N4O3/c1-2-27(22-8-4-3-5-9-22)32-29(35)23-11-12-28-25(18-23)26(30(36)33-28)19-31-24-10-6-7-21(17-24)20-34-13-15-37-16-14-34/h3-12,17-19,27,33,36H,2,13-16,20H2,1H3,(H,32,35)/t27-/m1/s1. The summed E-state index contributed by atoms with van der Waals surface area (Å²) in [6.07, 6.45) is 2.44. The molecule has 1 aliphatic rings. The molecule has 3 aromatic carbocycles. The normalized spacial score (nSPS) is 15.3. The van der Waals surface area contributed by atoms with E-state index in [2.05, 4.69) is 39.2 Å². The first-order chi connectivity index (χ1) is 18.1. The van der Waals surface area contributed by atoms with Crippen molar-refractivity contribution >= 4 is 28.7 Å². The van der Waals surface area contributed by atoms with Gasteiger partial charge >= 0.3 is 0 Å². The van der Waals surface area contributed by atoms with Gasteiger partial charge in [-0.3, -0.25) is 14.7 Å². The Morgan fingerprint density at radius 3 is 2.70 bits per heavy atom. The number of nitrogens with zero attached hydrogens (tertiary/aromatic N) is 2. The number of nitrogens with one attached hydrogen (secondary N) is 2. The van der Waals surface area contributed by atoms with Crippen LogP contribution in [-0.4, -0.2) is 53.4 Å². The van der Waals surface area contributed by atoms with Gasteiger partial charge in [0.1, 0.15) is 0 Å². The summed E-state index contributed by atoms with van der Waals surface area (Å²) in [5, 5.41) is 14.5. The van der Waals surface area contributed by atoms with Crippen LogP contribution in [0.3, 0.4) is 0 Å². The van der Waals surface area contributed by atoms with E-state index in [1.165, 1.54) is 5.56 Å². The molecule has 7 heteroatoms. The van der Waals surface area contributed by atoms with Crippen molar-refractivity contribution in [2.24, 2.45) is 4.99 Å². The number of amides is 1. The van der Waals surface area contributed by atoms with Gasteiger partial charge in [0.05, 0.1) is 30.5 Å². The maximum absolute atomic E-state index is 13.1. The topological polar surface area (TPSA) is 90.0 Å². The molecular formula is C30H32N4O3. The van der Waals surface area contributed by atoms with Gasteiger partial charge < -0.3 is 20.1 Å². The highest BCUT2D eigenvalue weighted by Crippen LogP contribution is 2.28. The fourth-order valence-corrected chi connectivity index (χ4v) is 4.71. The molecule has 0 saturated carbocycles. The van der Waals surface area contributed by atoms with Crippen LogP contribution in [0.2, 0.25) is 0 Å². The van der Waals surface area contributed by atoms with Crippen LogP contribution < -0.4 is 5.32 Å². The lowest BCUT2D eigenvalue weighted by Gasteiger charge is -2.26. The lowest BCUT2D eigenvalue weighted by atomic mass is 10.0. The minimum atomic E-state index is -0.156. The first-order valence-electron chi connectivity index (χ1n) is 12.7. The summed E-state index contributed by atoms with van der Waals surface area (Å²) in [5.41, 5.74) is 4.89. The third-order valence-corrected chi connectivity index (χ3v) is 6.76. The zero-order chi connectivity index (χ0) is 25.6. The minimum Gasteiger partial charge on any atom is -0.494 e. The summed E-state index contributed by atoms with van der Waals surface area (Å²) in [6.45, 7) is 6.29. The number of aliphatic imine (C=N–C) groups is 1. The molecule has 0 radical (unpaired) electrons. The van der Waals surface area contributed by atoms with Crippen molar-refractivity contribution in [3.63, 3.8) is 0 Å². The molecule has 7 nitrogen and oxygen atoms in total. The molecule has 3 N–H and O–H groups in total. The van der Waals surface area contributed by atoms with Gasteiger partial charge in [0.25, 0.3) is 5.91 Å². The number of morpholine rings is 1. The van der Waals surface area contributed by atoms with E-state index in [4.69, 9.17) is 4.74 Å². The number of carbonyl (C=O) groups excluding carboxylic acids is 1. The van der Waals surface area contributed by atoms with E-state index in [0.29, 0.717) is 11.1 Å². The van der Waals surface area contributed by atoms with E-state index in [9.17, 15) is 9.90 Å². The Kier molecular flexibility index (Phi) is 7.63. The number of benzene rings is 3. The molecule has 4 aromatic rings. The van der Waals surface area contributed by atoms with Gasteiger partial charge in [-0.15, -0.1) is 0 Å². The summed E-state index contributed by atoms with van der Waals surface area (Å²) in [6, 6.07) is 23.4. The van der Waals surface area contributed by atoms with Gasteiger partial charge in [-0.25, -0.2) is 0 Å². The number of hydrogen-bond donors (Lipinski definition) is 3. The van der Waals surface area contributed by atoms with Gasteiger partial charge in [-0.2, -0.15) is 0 Å². The van der Waals surface area contributed by atoms with Crippen molar-refractivity contribution in [1.29, 1.82) is 0 Å². The van der Waals surface area contributed by atoms with Gasteiger partial charge in [-0.05, 0) is 47.9 Å². The van der Waals surface area contributed by atoms with Gasteiger partial charge in [-0.1, -0.05) is 49.4 Å². The average molecular weight is 497 g/mol. The van der Waals surface area contributed by atoms with Crippen molar-refractivity contribution in [2.45, 2.75) is 25.9 Å². The quantitative estimate of drug-likeness (QED) is 0.287. The second-order valence-electron chi connectivity index (χ2n) is 9.31. The number of rotatable bonds is 8. The fraction of sp³-hybridized carbons (Fsp3) is 0.267. The van der Waals surface area contributed by atoms with Gasteiger partial charge in [0, 0.05) is 42.3 Å². The van der Waals surface area contributed by atoms with Gasteiger partial charge in [0.2, 0.25) is 0 Å². The van der Waals surface area contributed by atoms with E-state index in [1.54, 1.807) is 18.3 Å². The number of fused-ring (bicyclic) bond motifs is 1. The molecule has 37 heavy (non-hydrogen) atoms. The summed E-state index contributed by atoms with van der Waals surface area (Å²) in [7, 11) is 0. The van der Waals surface area contributed by atoms with E-state index in [1.807, 2.05) is 48.5 Å². The van der Waals surface area contributed by atoms with E-state index in [-0.39, 0.29) is 17.8 Å². The Balaban J connectivity index is 1.35. The van der Waals surface area contributed by atoms with Crippen molar-refractivity contribution < 1.29 is 14.6 Å². The number of aromatic nitrogens is 1. The maximum Gasteiger partial charge on any atom is 0.251 e. The molecule has 0 spiro atoms. The van der Waals surface area contributed by atoms with E-state index in [0.717, 1.165) is 61.4 Å². The molecule has 1 aliphatic heterocycles. The SMILES string of the molecule is CC[C@@H](NC(=O)c1ccc2[nH]c(O)c(C=Nc3cccc(CN4CCOCC4)c3)c2c1)c1ccccc1. The molecule has 0 bridgehead atoms. The number of H-pyrrole nitrogens is 1. The molecule has 190 valence electrons. The third kappa shape index (κ3) is 5.90. The lowest BCUT2D eigenvalue weighted by Crippen LogP contribution is -2.35. The van der Waals surface area contributed by atoms with Crippen LogP contribution in [-0.2, 0) is 11.3 Å². The Labute approximate surface area is 216 Å². The van der Waals surface area contributed by atoms with Crippen LogP contribution >= 0.6 is 0 Å². The predicted octanol–water partition coefficient (Wildman–Crippen LogP) is 5.34. The fourth-order valence-electron chi connectivity index (χ4n) is 4.71. The number of ether oxygens (including phenoxy) is 1. The average Bonchev–Trinajstić information content (AvgIpc) is 3.25. The molecule has 5 rings (SSSR count). The Hall–Kier alpha value is -3.94. The van der Waals surface area contributed by atoms with E-state index < -0.39 is 0 Å². The summed E-state index contributed by atoms with van der Waals surface area (Å²) in [4.78, 5) is 23.1. The van der Waals surface area contributed by atoms with Crippen molar-refractivity contribution in [3.8, 4) is 5.88 Å². The molecule has 0 aliphatic carbocycles. The second-order valence-corrected chi connectivity index (χ2v) is 9.31. The first kappa shape index (κ1) is 24.7. The maximum atomic E-state index is 13.1. The molecule has 1 saturated heterocycles. The highest BCUT2D eigenvalue weighted by molar-refractivity contribution is 6.06. The van der Waals surface area contributed by atoms with Crippen LogP contribution in [0.25, 0.3) is 10.9 Å². The van der Waals surface area contributed by atoms with E-state index >= 15 is 0 Å². The van der Waals surface area contributed by atoms with Crippen molar-refractivity contribution in [2.75, 3.05) is 26.3 Å². The Bertz CT molecular complexity index is 1390. The molecule has 1 fully saturated rings. The second kappa shape index (κ2) is 11.4. The molecule has 1 aromatic heterocycles. The largest absolute Gasteiger partial charge is 0.494 e. The Morgan fingerprint density at radius 1 is 1.11 bits per heavy atom. The molecular weight excluding hydrogens is 464 g/mol. The third-order valence-electron chi connectivity index (χ3n) is 6.76. The molecule has 1 amide bonds. The Morgan fingerprint density at radius 2 is 1.92 bits per heavy atom. The lowest BCUT2D eigenvalue weighted by molar-refractivity contribution is 0.0342. The summed E-state index contributed by atoms with van der Waals surface area (Å²) >= 11 is 0. The monoisotopic (exact) mass is 496 g/mol. The molecule has 0 unspecified atom stereocenters. The zero-order valence-corrected chi connectivity index (χ0v) is 21.0. The van der Waals surface area contributed by atoms with Gasteiger partial charge in [0.15, 0.2) is 5.88 Å². The summed E-state index contributed by atoms with van der Waals surface area (Å²) in [5.74, 6) is -0.131. The number of aromatic amines is 1. The zero-order valence-electron chi connectivity index (χ0n) is 21.0. The highest BCUT2D eigenvalue weighted by atomic mass is 16.5. The minimum absolute atomic E-state index is 0.0245. The molecule has 2 heterocycles. The summed E-state index contributed by atoms with van der Waals surface area (Å²) < 4.78 is 5.44. The predicted molar refractivity (Wildman–Crippen MR) is 147 cm³/mol. The highest BCUT2D eigenvalue weighted by Gasteiger charge is 2.17. The number of aromatic hydroxyl groups is 1. The smallest absolute Gasteiger partial charge is 0.251 e. The number of hydrogen-bond acceptors (Lipinski definition) is 5. The molecule has 1 atom stereocenters. The van der Waals surface area contributed by atoms with Crippen molar-refractivity contribution in [1.82, 2.24) is 15.2 Å². The van der Waals surface area contributed by atoms with Crippen LogP contribution in [0.5, 0.6) is 5.88 Å². The first-order valence-corrected chi connectivity index (χ1v) is 12.7. The number of carbonyl (C=O) groups is 1. The van der Waals surface area contributed by atoms with Crippen LogP contribution in [0.15, 0.2) is 77.8 Å². The van der Waals surface area contributed by atoms with Crippen LogP contribution in [0.4, 0.5) is 5.69 Å². The van der Waals surface area contributed by atoms with Crippen molar-refractivity contribution in [3.05, 3.63) is 95.1 Å². The van der Waals surface area contributed by atoms with Crippen LogP contribution in [0.1, 0.15) is 46.4 Å².